The second kappa shape index (κ2) is 5.63. The average Bonchev–Trinajstić information content (AvgIpc) is 2.37. The van der Waals surface area contributed by atoms with Crippen LogP contribution in [0.2, 0.25) is 0 Å². The van der Waals surface area contributed by atoms with Crippen molar-refractivity contribution in [2.24, 2.45) is 5.73 Å². The largest absolute Gasteiger partial charge is 0.322 e. The Morgan fingerprint density at radius 2 is 1.95 bits per heavy atom. The zero-order valence-electron chi connectivity index (χ0n) is 9.82. The van der Waals surface area contributed by atoms with Crippen LogP contribution in [0.15, 0.2) is 45.8 Å². The number of hydrogen-bond acceptors (Lipinski definition) is 2. The Bertz CT molecular complexity index is 657. The Balaban J connectivity index is 2.25. The maximum absolute atomic E-state index is 13.1. The van der Waals surface area contributed by atoms with E-state index in [-0.39, 0.29) is 12.1 Å². The highest BCUT2D eigenvalue weighted by molar-refractivity contribution is 9.10. The predicted octanol–water partition coefficient (Wildman–Crippen LogP) is 2.59. The van der Waals surface area contributed by atoms with Crippen molar-refractivity contribution in [3.63, 3.8) is 0 Å². The van der Waals surface area contributed by atoms with Gasteiger partial charge >= 0.3 is 0 Å². The summed E-state index contributed by atoms with van der Waals surface area (Å²) in [6.45, 7) is 0.184. The maximum atomic E-state index is 13.1. The Morgan fingerprint density at radius 3 is 2.63 bits per heavy atom. The summed E-state index contributed by atoms with van der Waals surface area (Å²) < 4.78 is 28.1. The van der Waals surface area contributed by atoms with Crippen LogP contribution in [0.1, 0.15) is 11.6 Å². The van der Waals surface area contributed by atoms with Crippen LogP contribution >= 0.6 is 15.9 Å². The number of pyridine rings is 1. The van der Waals surface area contributed by atoms with E-state index in [0.717, 1.165) is 16.6 Å². The van der Waals surface area contributed by atoms with Crippen molar-refractivity contribution in [1.29, 1.82) is 0 Å². The van der Waals surface area contributed by atoms with Crippen molar-refractivity contribution in [3.8, 4) is 0 Å². The second-order valence-corrected chi connectivity index (χ2v) is 5.03. The van der Waals surface area contributed by atoms with Crippen molar-refractivity contribution >= 4 is 15.9 Å². The molecule has 0 fully saturated rings. The molecule has 1 unspecified atom stereocenters. The van der Waals surface area contributed by atoms with Crippen LogP contribution in [-0.4, -0.2) is 4.57 Å². The van der Waals surface area contributed by atoms with Gasteiger partial charge in [0.25, 0.3) is 5.56 Å². The summed E-state index contributed by atoms with van der Waals surface area (Å²) in [7, 11) is 0. The summed E-state index contributed by atoms with van der Waals surface area (Å²) in [5.41, 5.74) is 6.13. The minimum Gasteiger partial charge on any atom is -0.322 e. The molecular weight excluding hydrogens is 318 g/mol. The molecule has 19 heavy (non-hydrogen) atoms. The van der Waals surface area contributed by atoms with Gasteiger partial charge in [0.15, 0.2) is 11.6 Å². The first-order valence-corrected chi connectivity index (χ1v) is 6.33. The van der Waals surface area contributed by atoms with Crippen LogP contribution in [0, 0.1) is 11.6 Å². The fourth-order valence-corrected chi connectivity index (χ4v) is 2.08. The van der Waals surface area contributed by atoms with E-state index in [1.54, 1.807) is 12.3 Å². The van der Waals surface area contributed by atoms with E-state index in [9.17, 15) is 13.6 Å². The van der Waals surface area contributed by atoms with Crippen LogP contribution < -0.4 is 11.3 Å². The monoisotopic (exact) mass is 328 g/mol. The molecular formula is C13H11BrF2N2O. The number of nitrogens with zero attached hydrogens (tertiary/aromatic N) is 1. The van der Waals surface area contributed by atoms with E-state index in [1.807, 2.05) is 0 Å². The normalized spacial score (nSPS) is 12.4. The van der Waals surface area contributed by atoms with Crippen molar-refractivity contribution in [3.05, 3.63) is 68.6 Å². The lowest BCUT2D eigenvalue weighted by Crippen LogP contribution is -2.26. The first-order valence-electron chi connectivity index (χ1n) is 5.54. The predicted molar refractivity (Wildman–Crippen MR) is 71.7 cm³/mol. The summed E-state index contributed by atoms with van der Waals surface area (Å²) in [5, 5.41) is 0. The number of halogens is 3. The summed E-state index contributed by atoms with van der Waals surface area (Å²) >= 11 is 3.25. The molecule has 0 bridgehead atoms. The topological polar surface area (TPSA) is 48.0 Å². The van der Waals surface area contributed by atoms with Crippen molar-refractivity contribution in [2.45, 2.75) is 12.6 Å². The second-order valence-electron chi connectivity index (χ2n) is 4.12. The number of rotatable bonds is 3. The van der Waals surface area contributed by atoms with Gasteiger partial charge in [0.1, 0.15) is 0 Å². The van der Waals surface area contributed by atoms with Crippen LogP contribution in [0.25, 0.3) is 0 Å². The maximum Gasteiger partial charge on any atom is 0.250 e. The highest BCUT2D eigenvalue weighted by atomic mass is 79.9. The van der Waals surface area contributed by atoms with Crippen molar-refractivity contribution in [1.82, 2.24) is 4.57 Å². The molecule has 0 amide bonds. The van der Waals surface area contributed by atoms with Gasteiger partial charge in [0.05, 0.1) is 0 Å². The molecule has 1 aromatic carbocycles. The molecule has 2 N–H and O–H groups in total. The van der Waals surface area contributed by atoms with Gasteiger partial charge in [0.2, 0.25) is 0 Å². The number of aromatic nitrogens is 1. The fraction of sp³-hybridized carbons (Fsp3) is 0.154. The van der Waals surface area contributed by atoms with E-state index in [1.165, 1.54) is 16.7 Å². The van der Waals surface area contributed by atoms with Crippen LogP contribution in [0.4, 0.5) is 8.78 Å². The quantitative estimate of drug-likeness (QED) is 0.941. The first kappa shape index (κ1) is 13.9. The SMILES string of the molecule is NC(Cn1cc(Br)ccc1=O)c1ccc(F)c(F)c1. The van der Waals surface area contributed by atoms with Crippen LogP contribution in [0.5, 0.6) is 0 Å². The zero-order chi connectivity index (χ0) is 14.0. The summed E-state index contributed by atoms with van der Waals surface area (Å²) in [4.78, 5) is 11.6. The van der Waals surface area contributed by atoms with Crippen molar-refractivity contribution < 1.29 is 8.78 Å². The van der Waals surface area contributed by atoms with Gasteiger partial charge in [-0.2, -0.15) is 0 Å². The lowest BCUT2D eigenvalue weighted by Gasteiger charge is -2.14. The molecule has 2 rings (SSSR count). The molecule has 1 aromatic heterocycles. The zero-order valence-corrected chi connectivity index (χ0v) is 11.4. The molecule has 0 aliphatic heterocycles. The molecule has 100 valence electrons. The minimum absolute atomic E-state index is 0.184. The fourth-order valence-electron chi connectivity index (χ4n) is 1.71. The van der Waals surface area contributed by atoms with Crippen LogP contribution in [-0.2, 0) is 6.54 Å². The number of benzene rings is 1. The number of nitrogens with two attached hydrogens (primary N) is 1. The standard InChI is InChI=1S/C13H11BrF2N2O/c14-9-2-4-13(19)18(6-9)7-12(17)8-1-3-10(15)11(16)5-8/h1-6,12H,7,17H2. The minimum atomic E-state index is -0.950. The van der Waals surface area contributed by atoms with Gasteiger partial charge in [-0.25, -0.2) is 8.78 Å². The first-order chi connectivity index (χ1) is 8.97. The molecule has 0 aliphatic carbocycles. The summed E-state index contributed by atoms with van der Waals surface area (Å²) in [6, 6.07) is 5.91. The molecule has 0 aliphatic rings. The van der Waals surface area contributed by atoms with E-state index in [4.69, 9.17) is 5.73 Å². The van der Waals surface area contributed by atoms with Gasteiger partial charge in [0, 0.05) is 29.3 Å². The van der Waals surface area contributed by atoms with Gasteiger partial charge in [-0.3, -0.25) is 4.79 Å². The third kappa shape index (κ3) is 3.27. The number of hydrogen-bond donors (Lipinski definition) is 1. The lowest BCUT2D eigenvalue weighted by molar-refractivity contribution is 0.500. The van der Waals surface area contributed by atoms with E-state index in [0.29, 0.717) is 5.56 Å². The van der Waals surface area contributed by atoms with Crippen molar-refractivity contribution in [2.75, 3.05) is 0 Å². The van der Waals surface area contributed by atoms with Gasteiger partial charge in [-0.1, -0.05) is 6.07 Å². The Morgan fingerprint density at radius 1 is 1.21 bits per heavy atom. The third-order valence-corrected chi connectivity index (χ3v) is 3.18. The molecule has 2 aromatic rings. The summed E-state index contributed by atoms with van der Waals surface area (Å²) in [6.07, 6.45) is 1.60. The highest BCUT2D eigenvalue weighted by Gasteiger charge is 2.11. The molecule has 3 nitrogen and oxygen atoms in total. The molecule has 0 radical (unpaired) electrons. The molecule has 1 atom stereocenters. The van der Waals surface area contributed by atoms with Gasteiger partial charge in [-0.15, -0.1) is 0 Å². The van der Waals surface area contributed by atoms with E-state index < -0.39 is 17.7 Å². The van der Waals surface area contributed by atoms with Gasteiger partial charge < -0.3 is 10.3 Å². The smallest absolute Gasteiger partial charge is 0.250 e. The Hall–Kier alpha value is -1.53. The van der Waals surface area contributed by atoms with E-state index >= 15 is 0 Å². The third-order valence-electron chi connectivity index (χ3n) is 2.71. The van der Waals surface area contributed by atoms with Crippen LogP contribution in [0.3, 0.4) is 0 Å². The molecule has 0 saturated carbocycles. The molecule has 0 saturated heterocycles. The Labute approximate surface area is 116 Å². The lowest BCUT2D eigenvalue weighted by atomic mass is 10.1. The highest BCUT2D eigenvalue weighted by Crippen LogP contribution is 2.16. The molecule has 1 heterocycles. The summed E-state index contributed by atoms with van der Waals surface area (Å²) in [5.74, 6) is -1.87. The average molecular weight is 329 g/mol. The van der Waals surface area contributed by atoms with Gasteiger partial charge in [-0.05, 0) is 39.7 Å². The van der Waals surface area contributed by atoms with E-state index in [2.05, 4.69) is 15.9 Å². The molecule has 0 spiro atoms. The molecule has 6 heteroatoms. The Kier molecular flexibility index (Phi) is 4.11.